The molecular formula is C15H22N4O2S. The maximum atomic E-state index is 12.2. The molecule has 2 fully saturated rings. The topological polar surface area (TPSA) is 67.2 Å². The van der Waals surface area contributed by atoms with Crippen molar-refractivity contribution in [2.75, 3.05) is 18.8 Å². The number of hydrogen-bond acceptors (Lipinski definition) is 4. The van der Waals surface area contributed by atoms with Gasteiger partial charge in [0.2, 0.25) is 5.91 Å². The predicted octanol–water partition coefficient (Wildman–Crippen LogP) is 2.26. The lowest BCUT2D eigenvalue weighted by Crippen LogP contribution is -2.35. The maximum Gasteiger partial charge on any atom is 0.324 e. The Balaban J connectivity index is 1.71. The summed E-state index contributed by atoms with van der Waals surface area (Å²) >= 11 is 1.45. The number of rotatable bonds is 4. The van der Waals surface area contributed by atoms with Crippen LogP contribution in [0.1, 0.15) is 43.1 Å². The minimum atomic E-state index is -0.280. The zero-order valence-electron chi connectivity index (χ0n) is 13.1. The number of imidazole rings is 1. The van der Waals surface area contributed by atoms with E-state index < -0.39 is 0 Å². The molecule has 3 rings (SSSR count). The standard InChI is InChI=1S/C15H22N4O2S/c1-10-11(2)19(12-5-3-4-6-12)15(17-10)22-9-13(20)18-8-7-16-14(18)21/h12H,3-9H2,1-2H3,(H,16,21). The van der Waals surface area contributed by atoms with E-state index in [1.807, 2.05) is 6.92 Å². The van der Waals surface area contributed by atoms with Gasteiger partial charge in [-0.1, -0.05) is 24.6 Å². The van der Waals surface area contributed by atoms with Gasteiger partial charge in [0, 0.05) is 24.8 Å². The Morgan fingerprint density at radius 3 is 2.73 bits per heavy atom. The van der Waals surface area contributed by atoms with Crippen LogP contribution in [0, 0.1) is 13.8 Å². The molecule has 0 unspecified atom stereocenters. The monoisotopic (exact) mass is 322 g/mol. The van der Waals surface area contributed by atoms with E-state index in [2.05, 4.69) is 21.8 Å². The van der Waals surface area contributed by atoms with E-state index in [0.717, 1.165) is 10.9 Å². The Labute approximate surface area is 134 Å². The highest BCUT2D eigenvalue weighted by molar-refractivity contribution is 7.99. The van der Waals surface area contributed by atoms with Crippen LogP contribution in [0.3, 0.4) is 0 Å². The lowest BCUT2D eigenvalue weighted by Gasteiger charge is -2.17. The van der Waals surface area contributed by atoms with Gasteiger partial charge in [0.05, 0.1) is 11.4 Å². The van der Waals surface area contributed by atoms with Gasteiger partial charge in [-0.15, -0.1) is 0 Å². The first-order valence-corrected chi connectivity index (χ1v) is 8.83. The van der Waals surface area contributed by atoms with Crippen LogP contribution < -0.4 is 5.32 Å². The van der Waals surface area contributed by atoms with Gasteiger partial charge in [0.1, 0.15) is 0 Å². The molecule has 0 spiro atoms. The molecule has 0 bridgehead atoms. The highest BCUT2D eigenvalue weighted by Crippen LogP contribution is 2.35. The number of carbonyl (C=O) groups is 2. The largest absolute Gasteiger partial charge is 0.336 e. The highest BCUT2D eigenvalue weighted by atomic mass is 32.2. The summed E-state index contributed by atoms with van der Waals surface area (Å²) in [5, 5.41) is 3.57. The normalized spacial score (nSPS) is 19.0. The highest BCUT2D eigenvalue weighted by Gasteiger charge is 2.28. The Hall–Kier alpha value is -1.50. The summed E-state index contributed by atoms with van der Waals surface area (Å²) in [6.45, 7) is 5.12. The second kappa shape index (κ2) is 6.32. The number of aryl methyl sites for hydroxylation is 1. The van der Waals surface area contributed by atoms with Crippen molar-refractivity contribution in [1.82, 2.24) is 19.8 Å². The first kappa shape index (κ1) is 15.4. The summed E-state index contributed by atoms with van der Waals surface area (Å²) in [5.74, 6) is 0.118. The van der Waals surface area contributed by atoms with Crippen LogP contribution in [0.4, 0.5) is 4.79 Å². The number of amides is 3. The fraction of sp³-hybridized carbons (Fsp3) is 0.667. The van der Waals surface area contributed by atoms with E-state index in [-0.39, 0.29) is 17.7 Å². The van der Waals surface area contributed by atoms with Crippen LogP contribution in [0.5, 0.6) is 0 Å². The molecule has 2 heterocycles. The summed E-state index contributed by atoms with van der Waals surface area (Å²) in [4.78, 5) is 29.6. The second-order valence-corrected chi connectivity index (χ2v) is 6.88. The third kappa shape index (κ3) is 2.86. The Morgan fingerprint density at radius 2 is 2.09 bits per heavy atom. The molecule has 1 saturated heterocycles. The molecule has 1 aliphatic heterocycles. The van der Waals surface area contributed by atoms with Crippen LogP contribution in [0.25, 0.3) is 0 Å². The fourth-order valence-electron chi connectivity index (χ4n) is 3.20. The number of nitrogens with one attached hydrogen (secondary N) is 1. The van der Waals surface area contributed by atoms with Crippen molar-refractivity contribution in [3.8, 4) is 0 Å². The van der Waals surface area contributed by atoms with Gasteiger partial charge in [-0.25, -0.2) is 9.78 Å². The molecule has 6 nitrogen and oxygen atoms in total. The van der Waals surface area contributed by atoms with Crippen LogP contribution in [0.2, 0.25) is 0 Å². The van der Waals surface area contributed by atoms with Gasteiger partial charge in [0.15, 0.2) is 5.16 Å². The number of imide groups is 1. The summed E-state index contributed by atoms with van der Waals surface area (Å²) in [6.07, 6.45) is 4.90. The molecule has 1 aliphatic carbocycles. The van der Waals surface area contributed by atoms with Crippen LogP contribution in [-0.4, -0.2) is 45.2 Å². The van der Waals surface area contributed by atoms with E-state index in [1.165, 1.54) is 48.0 Å². The van der Waals surface area contributed by atoms with E-state index in [1.54, 1.807) is 0 Å². The molecule has 0 atom stereocenters. The van der Waals surface area contributed by atoms with Crippen molar-refractivity contribution in [2.45, 2.75) is 50.7 Å². The van der Waals surface area contributed by atoms with Crippen LogP contribution >= 0.6 is 11.8 Å². The molecule has 0 aromatic carbocycles. The summed E-state index contributed by atoms with van der Waals surface area (Å²) in [6, 6.07) is 0.228. The summed E-state index contributed by atoms with van der Waals surface area (Å²) < 4.78 is 2.30. The van der Waals surface area contributed by atoms with Crippen LogP contribution in [-0.2, 0) is 4.79 Å². The molecule has 2 aliphatic rings. The lowest BCUT2D eigenvalue weighted by atomic mass is 10.2. The molecule has 22 heavy (non-hydrogen) atoms. The van der Waals surface area contributed by atoms with Gasteiger partial charge in [-0.2, -0.15) is 0 Å². The van der Waals surface area contributed by atoms with Crippen LogP contribution in [0.15, 0.2) is 5.16 Å². The quantitative estimate of drug-likeness (QED) is 0.864. The van der Waals surface area contributed by atoms with Crippen molar-refractivity contribution in [3.63, 3.8) is 0 Å². The van der Waals surface area contributed by atoms with Crippen molar-refractivity contribution in [3.05, 3.63) is 11.4 Å². The van der Waals surface area contributed by atoms with Gasteiger partial charge in [0.25, 0.3) is 0 Å². The Bertz CT molecular complexity index is 593. The molecule has 7 heteroatoms. The minimum Gasteiger partial charge on any atom is -0.336 e. The molecule has 1 saturated carbocycles. The lowest BCUT2D eigenvalue weighted by molar-refractivity contribution is -0.124. The van der Waals surface area contributed by atoms with Crippen molar-refractivity contribution < 1.29 is 9.59 Å². The van der Waals surface area contributed by atoms with E-state index in [9.17, 15) is 9.59 Å². The zero-order valence-corrected chi connectivity index (χ0v) is 13.9. The minimum absolute atomic E-state index is 0.142. The fourth-order valence-corrected chi connectivity index (χ4v) is 4.24. The van der Waals surface area contributed by atoms with Crippen molar-refractivity contribution in [1.29, 1.82) is 0 Å². The molecule has 0 radical (unpaired) electrons. The molecule has 1 N–H and O–H groups in total. The first-order valence-electron chi connectivity index (χ1n) is 7.84. The third-order valence-corrected chi connectivity index (χ3v) is 5.46. The number of urea groups is 1. The number of nitrogens with zero attached hydrogens (tertiary/aromatic N) is 3. The zero-order chi connectivity index (χ0) is 15.7. The third-order valence-electron chi connectivity index (χ3n) is 4.53. The molecule has 3 amide bonds. The number of hydrogen-bond donors (Lipinski definition) is 1. The predicted molar refractivity (Wildman–Crippen MR) is 85.0 cm³/mol. The Morgan fingerprint density at radius 1 is 1.36 bits per heavy atom. The SMILES string of the molecule is Cc1nc(SCC(=O)N2CCNC2=O)n(C2CCCC2)c1C. The maximum absolute atomic E-state index is 12.2. The van der Waals surface area contributed by atoms with E-state index >= 15 is 0 Å². The molecule has 120 valence electrons. The van der Waals surface area contributed by atoms with Crippen molar-refractivity contribution in [2.24, 2.45) is 0 Å². The van der Waals surface area contributed by atoms with E-state index in [4.69, 9.17) is 0 Å². The number of carbonyl (C=O) groups excluding carboxylic acids is 2. The van der Waals surface area contributed by atoms with Crippen molar-refractivity contribution >= 4 is 23.7 Å². The number of aromatic nitrogens is 2. The first-order chi connectivity index (χ1) is 10.6. The Kier molecular flexibility index (Phi) is 4.42. The van der Waals surface area contributed by atoms with Gasteiger partial charge in [-0.3, -0.25) is 9.69 Å². The second-order valence-electron chi connectivity index (χ2n) is 5.94. The molecule has 1 aromatic rings. The average molecular weight is 322 g/mol. The van der Waals surface area contributed by atoms with Gasteiger partial charge in [-0.05, 0) is 26.7 Å². The van der Waals surface area contributed by atoms with Gasteiger partial charge >= 0.3 is 6.03 Å². The smallest absolute Gasteiger partial charge is 0.324 e. The number of thioether (sulfide) groups is 1. The van der Waals surface area contributed by atoms with E-state index in [0.29, 0.717) is 19.1 Å². The average Bonchev–Trinajstić information content (AvgIpc) is 3.19. The van der Waals surface area contributed by atoms with Gasteiger partial charge < -0.3 is 9.88 Å². The summed E-state index contributed by atoms with van der Waals surface area (Å²) in [7, 11) is 0. The molecular weight excluding hydrogens is 300 g/mol. The summed E-state index contributed by atoms with van der Waals surface area (Å²) in [5.41, 5.74) is 2.22. The molecule has 1 aromatic heterocycles.